The number of aliphatic hydroxyl groups excluding tert-OH is 1. The van der Waals surface area contributed by atoms with E-state index in [4.69, 9.17) is 9.84 Å². The van der Waals surface area contributed by atoms with E-state index in [0.29, 0.717) is 18.3 Å². The van der Waals surface area contributed by atoms with Crippen LogP contribution in [0.2, 0.25) is 0 Å². The van der Waals surface area contributed by atoms with Gasteiger partial charge in [-0.15, -0.1) is 10.2 Å². The summed E-state index contributed by atoms with van der Waals surface area (Å²) >= 11 is 1.49. The molecule has 7 heteroatoms. The summed E-state index contributed by atoms with van der Waals surface area (Å²) in [6.45, 7) is 6.26. The number of thiazole rings is 1. The number of aliphatic hydroxyl groups is 1. The lowest BCUT2D eigenvalue weighted by Crippen LogP contribution is -2.25. The van der Waals surface area contributed by atoms with Gasteiger partial charge in [0.1, 0.15) is 5.75 Å². The minimum atomic E-state index is 0.137. The first kappa shape index (κ1) is 18.3. The summed E-state index contributed by atoms with van der Waals surface area (Å²) in [5.41, 5.74) is 2.72. The van der Waals surface area contributed by atoms with E-state index < -0.39 is 0 Å². The molecule has 1 N–H and O–H groups in total. The van der Waals surface area contributed by atoms with Gasteiger partial charge in [-0.25, -0.2) is 4.98 Å². The smallest absolute Gasteiger partial charge is 0.231 e. The number of fused-ring (bicyclic) bond motifs is 1. The molecule has 0 fully saturated rings. The molecule has 1 heterocycles. The summed E-state index contributed by atoms with van der Waals surface area (Å²) in [6, 6.07) is 13.6. The van der Waals surface area contributed by atoms with E-state index >= 15 is 0 Å². The number of rotatable bonds is 8. The molecule has 1 aromatic heterocycles. The zero-order chi connectivity index (χ0) is 18.4. The molecule has 0 saturated heterocycles. The van der Waals surface area contributed by atoms with Crippen LogP contribution in [-0.4, -0.2) is 36.4 Å². The Morgan fingerprint density at radius 2 is 1.92 bits per heavy atom. The van der Waals surface area contributed by atoms with E-state index in [9.17, 15) is 0 Å². The molecule has 0 saturated carbocycles. The zero-order valence-corrected chi connectivity index (χ0v) is 15.7. The maximum Gasteiger partial charge on any atom is 0.231 e. The summed E-state index contributed by atoms with van der Waals surface area (Å²) in [6.07, 6.45) is 0. The fraction of sp³-hybridized carbons (Fsp3) is 0.316. The highest BCUT2D eigenvalue weighted by Gasteiger charge is 2.05. The molecule has 0 radical (unpaired) electrons. The number of hydrogen-bond acceptors (Lipinski definition) is 7. The van der Waals surface area contributed by atoms with Crippen LogP contribution in [0.25, 0.3) is 10.2 Å². The van der Waals surface area contributed by atoms with Gasteiger partial charge in [0.15, 0.2) is 0 Å². The van der Waals surface area contributed by atoms with E-state index in [1.54, 1.807) is 0 Å². The van der Waals surface area contributed by atoms with Crippen molar-refractivity contribution in [2.45, 2.75) is 13.8 Å². The topological polar surface area (TPSA) is 70.3 Å². The number of ether oxygens (including phenoxy) is 1. The molecular weight excluding hydrogens is 348 g/mol. The summed E-state index contributed by atoms with van der Waals surface area (Å²) in [7, 11) is 0. The van der Waals surface area contributed by atoms with Gasteiger partial charge in [-0.05, 0) is 56.3 Å². The number of azo groups is 1. The van der Waals surface area contributed by atoms with Crippen molar-refractivity contribution in [3.63, 3.8) is 0 Å². The molecule has 2 aromatic carbocycles. The maximum absolute atomic E-state index is 9.11. The van der Waals surface area contributed by atoms with Crippen molar-refractivity contribution in [2.24, 2.45) is 10.2 Å². The largest absolute Gasteiger partial charge is 0.494 e. The number of benzene rings is 2. The van der Waals surface area contributed by atoms with Gasteiger partial charge in [0.2, 0.25) is 5.13 Å². The van der Waals surface area contributed by atoms with Gasteiger partial charge in [0.25, 0.3) is 0 Å². The van der Waals surface area contributed by atoms with Gasteiger partial charge in [-0.3, -0.25) is 0 Å². The quantitative estimate of drug-likeness (QED) is 0.571. The third kappa shape index (κ3) is 4.36. The van der Waals surface area contributed by atoms with Crippen LogP contribution < -0.4 is 9.64 Å². The SMILES string of the molecule is CCOc1ccc2nc(N=Nc3ccc(N(CC)CCO)cc3)sc2c1. The van der Waals surface area contributed by atoms with Crippen LogP contribution in [0.3, 0.4) is 0 Å². The zero-order valence-electron chi connectivity index (χ0n) is 14.9. The van der Waals surface area contributed by atoms with Crippen LogP contribution in [0.4, 0.5) is 16.5 Å². The normalized spacial score (nSPS) is 11.3. The first-order chi connectivity index (χ1) is 12.7. The number of likely N-dealkylation sites (N-methyl/N-ethyl adjacent to an activating group) is 1. The van der Waals surface area contributed by atoms with Gasteiger partial charge in [0.05, 0.1) is 29.1 Å². The maximum atomic E-state index is 9.11. The van der Waals surface area contributed by atoms with Gasteiger partial charge in [0, 0.05) is 18.8 Å². The molecule has 0 unspecified atom stereocenters. The number of anilines is 1. The Morgan fingerprint density at radius 3 is 2.62 bits per heavy atom. The average Bonchev–Trinajstić information content (AvgIpc) is 3.07. The fourth-order valence-electron chi connectivity index (χ4n) is 2.61. The summed E-state index contributed by atoms with van der Waals surface area (Å²) in [5, 5.41) is 18.3. The van der Waals surface area contributed by atoms with Crippen LogP contribution in [0.15, 0.2) is 52.7 Å². The van der Waals surface area contributed by atoms with Crippen molar-refractivity contribution in [3.8, 4) is 5.75 Å². The molecule has 0 aliphatic heterocycles. The molecule has 26 heavy (non-hydrogen) atoms. The second-order valence-electron chi connectivity index (χ2n) is 5.58. The third-order valence-corrected chi connectivity index (χ3v) is 4.78. The van der Waals surface area contributed by atoms with E-state index in [2.05, 4.69) is 27.0 Å². The van der Waals surface area contributed by atoms with E-state index in [0.717, 1.165) is 33.9 Å². The minimum absolute atomic E-state index is 0.137. The molecular formula is C19H22N4O2S. The van der Waals surface area contributed by atoms with Crippen LogP contribution >= 0.6 is 11.3 Å². The predicted molar refractivity (Wildman–Crippen MR) is 106 cm³/mol. The molecule has 3 aromatic rings. The van der Waals surface area contributed by atoms with Crippen molar-refractivity contribution >= 4 is 38.1 Å². The molecule has 0 atom stereocenters. The lowest BCUT2D eigenvalue weighted by Gasteiger charge is -2.21. The average molecular weight is 370 g/mol. The minimum Gasteiger partial charge on any atom is -0.494 e. The second-order valence-corrected chi connectivity index (χ2v) is 6.59. The first-order valence-electron chi connectivity index (χ1n) is 8.64. The summed E-state index contributed by atoms with van der Waals surface area (Å²) in [4.78, 5) is 6.58. The number of aromatic nitrogens is 1. The van der Waals surface area contributed by atoms with Crippen molar-refractivity contribution in [3.05, 3.63) is 42.5 Å². The van der Waals surface area contributed by atoms with Crippen LogP contribution in [0, 0.1) is 0 Å². The van der Waals surface area contributed by atoms with Crippen LogP contribution in [-0.2, 0) is 0 Å². The van der Waals surface area contributed by atoms with Gasteiger partial charge in [-0.1, -0.05) is 11.3 Å². The van der Waals surface area contributed by atoms with Crippen LogP contribution in [0.1, 0.15) is 13.8 Å². The van der Waals surface area contributed by atoms with E-state index in [1.165, 1.54) is 11.3 Å². The fourth-order valence-corrected chi connectivity index (χ4v) is 3.43. The molecule has 0 spiro atoms. The van der Waals surface area contributed by atoms with Gasteiger partial charge < -0.3 is 14.7 Å². The van der Waals surface area contributed by atoms with E-state index in [-0.39, 0.29) is 6.61 Å². The predicted octanol–water partition coefficient (Wildman–Crippen LogP) is 4.93. The van der Waals surface area contributed by atoms with Crippen molar-refractivity contribution in [1.29, 1.82) is 0 Å². The Bertz CT molecular complexity index is 877. The summed E-state index contributed by atoms with van der Waals surface area (Å²) < 4.78 is 6.55. The lowest BCUT2D eigenvalue weighted by molar-refractivity contribution is 0.302. The number of hydrogen-bond donors (Lipinski definition) is 1. The van der Waals surface area contributed by atoms with Crippen molar-refractivity contribution in [1.82, 2.24) is 4.98 Å². The van der Waals surface area contributed by atoms with Crippen LogP contribution in [0.5, 0.6) is 5.75 Å². The van der Waals surface area contributed by atoms with Gasteiger partial charge >= 0.3 is 0 Å². The van der Waals surface area contributed by atoms with Crippen molar-refractivity contribution < 1.29 is 9.84 Å². The Morgan fingerprint density at radius 1 is 1.12 bits per heavy atom. The Kier molecular flexibility index (Phi) is 6.14. The monoisotopic (exact) mass is 370 g/mol. The molecule has 0 bridgehead atoms. The molecule has 3 rings (SSSR count). The van der Waals surface area contributed by atoms with Gasteiger partial charge in [-0.2, -0.15) is 0 Å². The molecule has 0 aliphatic rings. The van der Waals surface area contributed by atoms with Crippen molar-refractivity contribution in [2.75, 3.05) is 31.2 Å². The Labute approximate surface area is 156 Å². The molecule has 0 amide bonds. The second kappa shape index (κ2) is 8.73. The summed E-state index contributed by atoms with van der Waals surface area (Å²) in [5.74, 6) is 0.839. The standard InChI is InChI=1S/C19H22N4O2S/c1-3-23(11-12-24)15-7-5-14(6-8-15)21-22-19-20-17-10-9-16(25-4-2)13-18(17)26-19/h5-10,13,24H,3-4,11-12H2,1-2H3. The third-order valence-electron chi connectivity index (χ3n) is 3.88. The Balaban J connectivity index is 1.73. The molecule has 136 valence electrons. The highest BCUT2D eigenvalue weighted by Crippen LogP contribution is 2.32. The Hall–Kier alpha value is -2.51. The first-order valence-corrected chi connectivity index (χ1v) is 9.46. The highest BCUT2D eigenvalue weighted by molar-refractivity contribution is 7.21. The molecule has 6 nitrogen and oxygen atoms in total. The lowest BCUT2D eigenvalue weighted by atomic mass is 10.2. The highest BCUT2D eigenvalue weighted by atomic mass is 32.1. The number of nitrogens with zero attached hydrogens (tertiary/aromatic N) is 4. The van der Waals surface area contributed by atoms with E-state index in [1.807, 2.05) is 49.4 Å². The molecule has 0 aliphatic carbocycles.